The van der Waals surface area contributed by atoms with Gasteiger partial charge in [-0.1, -0.05) is 21.0 Å². The number of nitrogens with zero attached hydrogens (tertiary/aromatic N) is 6. The van der Waals surface area contributed by atoms with Gasteiger partial charge < -0.3 is 15.5 Å². The van der Waals surface area contributed by atoms with E-state index >= 15 is 0 Å². The summed E-state index contributed by atoms with van der Waals surface area (Å²) in [4.78, 5) is 0. The molecule has 0 radical (unpaired) electrons. The Morgan fingerprint density at radius 2 is 2.04 bits per heavy atom. The summed E-state index contributed by atoms with van der Waals surface area (Å²) in [6.45, 7) is 0. The first kappa shape index (κ1) is 14.5. The highest BCUT2D eigenvalue weighted by atomic mass is 79.9. The van der Waals surface area contributed by atoms with Crippen LogP contribution in [0.5, 0.6) is 0 Å². The molecule has 24 heavy (non-hydrogen) atoms. The van der Waals surface area contributed by atoms with Crippen molar-refractivity contribution in [1.29, 1.82) is 0 Å². The fourth-order valence-electron chi connectivity index (χ4n) is 2.09. The molecule has 0 unspecified atom stereocenters. The monoisotopic (exact) mass is 390 g/mol. The lowest BCUT2D eigenvalue weighted by molar-refractivity contribution is 0.586. The third-order valence-corrected chi connectivity index (χ3v) is 3.63. The van der Waals surface area contributed by atoms with Crippen LogP contribution in [0.25, 0.3) is 17.2 Å². The molecule has 3 N–H and O–H groups in total. The number of nitrogen functional groups attached to an aromatic ring is 1. The lowest BCUT2D eigenvalue weighted by Gasteiger charge is -2.10. The molecule has 0 aliphatic rings. The zero-order chi connectivity index (χ0) is 16.7. The summed E-state index contributed by atoms with van der Waals surface area (Å²) in [5.74, 6) is -0.357. The van der Waals surface area contributed by atoms with Gasteiger partial charge in [0.2, 0.25) is 0 Å². The Labute approximate surface area is 141 Å². The van der Waals surface area contributed by atoms with E-state index in [0.717, 1.165) is 0 Å². The molecule has 3 heterocycles. The molecule has 0 spiro atoms. The Morgan fingerprint density at radius 1 is 1.17 bits per heavy atom. The first-order valence-corrected chi connectivity index (χ1v) is 7.42. The van der Waals surface area contributed by atoms with Crippen molar-refractivity contribution in [3.05, 3.63) is 40.9 Å². The van der Waals surface area contributed by atoms with Gasteiger partial charge in [-0.15, -0.1) is 15.3 Å². The van der Waals surface area contributed by atoms with Gasteiger partial charge in [-0.25, -0.2) is 4.39 Å². The molecule has 0 fully saturated rings. The van der Waals surface area contributed by atoms with Gasteiger partial charge in [0.15, 0.2) is 11.3 Å². The molecular formula is C13H8BrFN8O. The number of anilines is 3. The van der Waals surface area contributed by atoms with Crippen molar-refractivity contribution in [2.45, 2.75) is 0 Å². The summed E-state index contributed by atoms with van der Waals surface area (Å²) in [6.07, 6.45) is 1.42. The lowest BCUT2D eigenvalue weighted by atomic mass is 10.2. The van der Waals surface area contributed by atoms with Crippen molar-refractivity contribution in [2.75, 3.05) is 11.1 Å². The average Bonchev–Trinajstić information content (AvgIpc) is 3.17. The van der Waals surface area contributed by atoms with Crippen LogP contribution in [0.1, 0.15) is 0 Å². The first-order valence-electron chi connectivity index (χ1n) is 6.62. The predicted octanol–water partition coefficient (Wildman–Crippen LogP) is 2.40. The summed E-state index contributed by atoms with van der Waals surface area (Å²) in [5, 5.41) is 22.4. The van der Waals surface area contributed by atoms with Gasteiger partial charge in [0.05, 0.1) is 11.4 Å². The molecule has 3 aromatic heterocycles. The molecule has 0 amide bonds. The minimum Gasteiger partial charge on any atom is -0.402 e. The number of aromatic nitrogens is 6. The zero-order valence-corrected chi connectivity index (χ0v) is 13.4. The number of halogens is 2. The molecule has 4 aromatic rings. The van der Waals surface area contributed by atoms with Gasteiger partial charge in [0.25, 0.3) is 5.89 Å². The SMILES string of the molecule is Nc1nnc(-c2nn3cnnc3cc2Nc2ccc(Br)cc2F)o1. The van der Waals surface area contributed by atoms with E-state index < -0.39 is 5.82 Å². The summed E-state index contributed by atoms with van der Waals surface area (Å²) in [6, 6.07) is 6.17. The second-order valence-corrected chi connectivity index (χ2v) is 5.65. The number of hydrogen-bond acceptors (Lipinski definition) is 8. The first-order chi connectivity index (χ1) is 11.6. The van der Waals surface area contributed by atoms with Gasteiger partial charge in [-0.05, 0) is 18.2 Å². The van der Waals surface area contributed by atoms with Crippen molar-refractivity contribution < 1.29 is 8.81 Å². The van der Waals surface area contributed by atoms with Crippen LogP contribution in [-0.4, -0.2) is 30.0 Å². The minimum absolute atomic E-state index is 0.0862. The fraction of sp³-hybridized carbons (Fsp3) is 0. The Balaban J connectivity index is 1.86. The van der Waals surface area contributed by atoms with Gasteiger partial charge >= 0.3 is 6.01 Å². The molecule has 11 heteroatoms. The maximum Gasteiger partial charge on any atom is 0.313 e. The topological polar surface area (TPSA) is 120 Å². The normalized spacial score (nSPS) is 11.1. The highest BCUT2D eigenvalue weighted by Crippen LogP contribution is 2.30. The number of hydrogen-bond donors (Lipinski definition) is 2. The van der Waals surface area contributed by atoms with E-state index in [0.29, 0.717) is 15.8 Å². The molecule has 0 atom stereocenters. The number of nitrogens with two attached hydrogens (primary N) is 1. The van der Waals surface area contributed by atoms with Crippen LogP contribution >= 0.6 is 15.9 Å². The third-order valence-electron chi connectivity index (χ3n) is 3.14. The van der Waals surface area contributed by atoms with Crippen LogP contribution in [0.2, 0.25) is 0 Å². The summed E-state index contributed by atoms with van der Waals surface area (Å²) in [7, 11) is 0. The summed E-state index contributed by atoms with van der Waals surface area (Å²) >= 11 is 3.21. The van der Waals surface area contributed by atoms with Crippen LogP contribution in [0, 0.1) is 5.82 Å². The molecule has 9 nitrogen and oxygen atoms in total. The second-order valence-electron chi connectivity index (χ2n) is 4.73. The quantitative estimate of drug-likeness (QED) is 0.546. The van der Waals surface area contributed by atoms with E-state index in [2.05, 4.69) is 46.7 Å². The van der Waals surface area contributed by atoms with Gasteiger partial charge in [0.1, 0.15) is 12.1 Å². The van der Waals surface area contributed by atoms with Gasteiger partial charge in [-0.2, -0.15) is 9.61 Å². The Bertz CT molecular complexity index is 1050. The van der Waals surface area contributed by atoms with E-state index in [9.17, 15) is 4.39 Å². The third kappa shape index (κ3) is 2.54. The lowest BCUT2D eigenvalue weighted by Crippen LogP contribution is -2.02. The minimum atomic E-state index is -0.443. The molecule has 120 valence electrons. The molecule has 0 aliphatic heterocycles. The maximum atomic E-state index is 14.1. The molecule has 4 rings (SSSR count). The van der Waals surface area contributed by atoms with Crippen molar-refractivity contribution in [3.8, 4) is 11.6 Å². The Hall–Kier alpha value is -3.08. The van der Waals surface area contributed by atoms with Crippen LogP contribution in [0.3, 0.4) is 0 Å². The number of nitrogens with one attached hydrogen (secondary N) is 1. The largest absolute Gasteiger partial charge is 0.402 e. The average molecular weight is 391 g/mol. The Morgan fingerprint density at radius 3 is 2.79 bits per heavy atom. The zero-order valence-electron chi connectivity index (χ0n) is 11.8. The van der Waals surface area contributed by atoms with Crippen LogP contribution in [0.15, 0.2) is 39.5 Å². The van der Waals surface area contributed by atoms with Crippen LogP contribution in [0.4, 0.5) is 21.8 Å². The highest BCUT2D eigenvalue weighted by Gasteiger charge is 2.17. The maximum absolute atomic E-state index is 14.1. The predicted molar refractivity (Wildman–Crippen MR) is 85.9 cm³/mol. The number of benzene rings is 1. The molecule has 1 aromatic carbocycles. The summed E-state index contributed by atoms with van der Waals surface area (Å²) in [5.41, 5.74) is 6.88. The number of fused-ring (bicyclic) bond motifs is 1. The smallest absolute Gasteiger partial charge is 0.313 e. The highest BCUT2D eigenvalue weighted by molar-refractivity contribution is 9.10. The molecular weight excluding hydrogens is 383 g/mol. The van der Waals surface area contributed by atoms with E-state index in [4.69, 9.17) is 10.2 Å². The van der Waals surface area contributed by atoms with Crippen molar-refractivity contribution in [1.82, 2.24) is 30.0 Å². The van der Waals surface area contributed by atoms with E-state index in [1.165, 1.54) is 16.9 Å². The van der Waals surface area contributed by atoms with Crippen LogP contribution < -0.4 is 11.1 Å². The van der Waals surface area contributed by atoms with E-state index in [1.54, 1.807) is 18.2 Å². The van der Waals surface area contributed by atoms with Gasteiger partial charge in [-0.3, -0.25) is 0 Å². The molecule has 0 bridgehead atoms. The van der Waals surface area contributed by atoms with E-state index in [-0.39, 0.29) is 23.3 Å². The standard InChI is InChI=1S/C13H8BrFN8O/c14-6-1-2-8(7(15)3-6)18-9-4-10-19-17-5-23(10)22-11(9)12-20-21-13(16)24-12/h1-5,18H,(H2,16,21). The van der Waals surface area contributed by atoms with Crippen molar-refractivity contribution >= 4 is 39.0 Å². The molecule has 0 aliphatic carbocycles. The molecule has 0 saturated carbocycles. The number of rotatable bonds is 3. The Kier molecular flexibility index (Phi) is 3.34. The second kappa shape index (κ2) is 5.53. The van der Waals surface area contributed by atoms with Crippen molar-refractivity contribution in [3.63, 3.8) is 0 Å². The summed E-state index contributed by atoms with van der Waals surface area (Å²) < 4.78 is 21.4. The fourth-order valence-corrected chi connectivity index (χ4v) is 2.42. The van der Waals surface area contributed by atoms with Crippen LogP contribution in [-0.2, 0) is 0 Å². The van der Waals surface area contributed by atoms with Crippen molar-refractivity contribution in [2.24, 2.45) is 0 Å². The van der Waals surface area contributed by atoms with E-state index in [1.807, 2.05) is 0 Å². The van der Waals surface area contributed by atoms with Gasteiger partial charge in [0, 0.05) is 10.5 Å². The molecule has 0 saturated heterocycles.